The fourth-order valence-electron chi connectivity index (χ4n) is 5.88. The Morgan fingerprint density at radius 3 is 1.67 bits per heavy atom. The Kier molecular flexibility index (Phi) is 19.2. The molecule has 0 bridgehead atoms. The maximum absolute atomic E-state index is 13.0. The molecular weight excluding hydrogens is 834 g/mol. The van der Waals surface area contributed by atoms with Gasteiger partial charge in [0.25, 0.3) is 5.91 Å². The second-order valence-corrected chi connectivity index (χ2v) is 12.5. The van der Waals surface area contributed by atoms with Gasteiger partial charge in [-0.25, -0.2) is 4.98 Å². The number of Topliss-reactive ketones (excluding diaryl/α,β-unsaturated/α-hetero) is 1. The summed E-state index contributed by atoms with van der Waals surface area (Å²) in [7, 11) is -1.67. The van der Waals surface area contributed by atoms with Gasteiger partial charge in [0.05, 0.1) is 44.2 Å². The largest absolute Gasteiger partial charge is 0.480 e. The number of hydrogen-bond acceptors (Lipinski definition) is 14. The summed E-state index contributed by atoms with van der Waals surface area (Å²) in [5, 5.41) is 52.7. The molecule has 2 saturated heterocycles. The number of rotatable bonds is 15. The minimum Gasteiger partial charge on any atom is -0.480 e. The van der Waals surface area contributed by atoms with E-state index in [4.69, 9.17) is 0 Å². The van der Waals surface area contributed by atoms with Gasteiger partial charge in [-0.15, -0.1) is 0 Å². The van der Waals surface area contributed by atoms with Crippen molar-refractivity contribution in [3.63, 3.8) is 0 Å². The Morgan fingerprint density at radius 1 is 0.784 bits per heavy atom. The van der Waals surface area contributed by atoms with Gasteiger partial charge in [-0.3, -0.25) is 48.4 Å². The van der Waals surface area contributed by atoms with Crippen molar-refractivity contribution < 1.29 is 91.0 Å². The van der Waals surface area contributed by atoms with Crippen LogP contribution >= 0.6 is 0 Å². The number of aliphatic carboxylic acids is 3. The SMILES string of the molecule is C[C@@H](NC(=O)c1ccc(NCC(=O)CN2CCN(CC(=O)O)CCN(CC(=O)O)CCN(CC(=O)O)CC2)nc1)C(=O)N1CCC[C@H]1B(O)O.[Lu]. The van der Waals surface area contributed by atoms with Crippen molar-refractivity contribution in [2.45, 2.75) is 31.7 Å². The number of carboxylic acids is 3. The molecule has 7 N–H and O–H groups in total. The van der Waals surface area contributed by atoms with Crippen molar-refractivity contribution in [2.75, 3.05) is 96.9 Å². The van der Waals surface area contributed by atoms with Gasteiger partial charge in [-0.2, -0.15) is 0 Å². The molecule has 1 aromatic rings. The van der Waals surface area contributed by atoms with Gasteiger partial charge in [0.1, 0.15) is 11.9 Å². The Balaban J connectivity index is 0.00000901. The first-order chi connectivity index (χ1) is 23.7. The molecule has 0 spiro atoms. The molecule has 291 valence electrons. The third-order valence-electron chi connectivity index (χ3n) is 8.54. The second-order valence-electron chi connectivity index (χ2n) is 12.5. The summed E-state index contributed by atoms with van der Waals surface area (Å²) in [5.74, 6) is -4.74. The third-order valence-corrected chi connectivity index (χ3v) is 8.54. The maximum Gasteiger partial charge on any atom is 0.475 e. The van der Waals surface area contributed by atoms with Crippen LogP contribution < -0.4 is 10.6 Å². The van der Waals surface area contributed by atoms with E-state index < -0.39 is 48.8 Å². The zero-order valence-electron chi connectivity index (χ0n) is 28.4. The van der Waals surface area contributed by atoms with Crippen LogP contribution in [0.2, 0.25) is 0 Å². The Labute approximate surface area is 325 Å². The van der Waals surface area contributed by atoms with Crippen molar-refractivity contribution in [3.05, 3.63) is 23.9 Å². The minimum absolute atomic E-state index is 0. The molecule has 1 radical (unpaired) electrons. The third kappa shape index (κ3) is 15.7. The van der Waals surface area contributed by atoms with Crippen molar-refractivity contribution in [3.8, 4) is 0 Å². The summed E-state index contributed by atoms with van der Waals surface area (Å²) in [6, 6.07) is 2.07. The summed E-state index contributed by atoms with van der Waals surface area (Å²) in [6.07, 6.45) is 2.37. The number of pyridine rings is 1. The fraction of sp³-hybridized carbons (Fsp3) is 0.633. The predicted molar refractivity (Wildman–Crippen MR) is 178 cm³/mol. The topological polar surface area (TPSA) is 257 Å². The molecule has 0 saturated carbocycles. The molecule has 21 heteroatoms. The minimum atomic E-state index is -1.67. The van der Waals surface area contributed by atoms with Gasteiger partial charge >= 0.3 is 25.0 Å². The van der Waals surface area contributed by atoms with E-state index in [1.54, 1.807) is 14.7 Å². The van der Waals surface area contributed by atoms with Gasteiger partial charge in [0, 0.05) is 102 Å². The molecule has 0 aliphatic carbocycles. The molecule has 2 fully saturated rings. The Bertz CT molecular complexity index is 1310. The molecule has 19 nitrogen and oxygen atoms in total. The summed E-state index contributed by atoms with van der Waals surface area (Å²) < 4.78 is 0. The number of carbonyl (C=O) groups is 6. The first kappa shape index (κ1) is 44.2. The monoisotopic (exact) mass is 881 g/mol. The molecule has 3 rings (SSSR count). The first-order valence-corrected chi connectivity index (χ1v) is 16.5. The number of amides is 2. The zero-order chi connectivity index (χ0) is 36.8. The number of nitrogens with zero attached hydrogens (tertiary/aromatic N) is 6. The van der Waals surface area contributed by atoms with Crippen molar-refractivity contribution in [1.29, 1.82) is 0 Å². The Hall–Kier alpha value is -2.97. The standard InChI is InChI=1S/C30H47BN8O11.Lu/c1-21(30(48)39-6-2-3-24(39)31(49)50)34-29(47)22-4-5-25(32-15-22)33-16-23(40)17-35-7-9-36(18-26(41)42)11-13-38(20-28(45)46)14-12-37(10-8-35)19-27(43)44;/h4-5,15,21,24,49-50H,2-3,6-14,16-20H2,1H3,(H,32,33)(H,34,47)(H,41,42)(H,43,44)(H,45,46);/t21-,24+;/m1./s1. The molecule has 0 aromatic carbocycles. The average Bonchev–Trinajstić information content (AvgIpc) is 3.55. The van der Waals surface area contributed by atoms with Crippen LogP contribution in [0, 0.1) is 36.9 Å². The predicted octanol–water partition coefficient (Wildman–Crippen LogP) is -3.34. The number of carboxylic acid groups (broad SMARTS) is 3. The van der Waals surface area contributed by atoms with Gasteiger partial charge in [0.15, 0.2) is 5.78 Å². The zero-order valence-corrected chi connectivity index (χ0v) is 30.1. The first-order valence-electron chi connectivity index (χ1n) is 16.5. The van der Waals surface area contributed by atoms with Crippen LogP contribution in [0.15, 0.2) is 18.3 Å². The van der Waals surface area contributed by atoms with Gasteiger partial charge in [-0.05, 0) is 31.9 Å². The van der Waals surface area contributed by atoms with Crippen LogP contribution in [0.5, 0.6) is 0 Å². The number of ketones is 1. The molecule has 2 aliphatic rings. The van der Waals surface area contributed by atoms with E-state index in [0.717, 1.165) is 0 Å². The smallest absolute Gasteiger partial charge is 0.475 e. The van der Waals surface area contributed by atoms with Crippen LogP contribution in [0.4, 0.5) is 5.82 Å². The molecule has 1 aromatic heterocycles. The summed E-state index contributed by atoms with van der Waals surface area (Å²) in [4.78, 5) is 85.3. The van der Waals surface area contributed by atoms with Crippen molar-refractivity contribution in [1.82, 2.24) is 34.8 Å². The molecule has 2 aliphatic heterocycles. The van der Waals surface area contributed by atoms with Gasteiger partial charge < -0.3 is 40.9 Å². The van der Waals surface area contributed by atoms with E-state index in [0.29, 0.717) is 38.3 Å². The maximum atomic E-state index is 13.0. The van der Waals surface area contributed by atoms with E-state index in [1.807, 2.05) is 4.90 Å². The average molecular weight is 882 g/mol. The van der Waals surface area contributed by atoms with E-state index >= 15 is 0 Å². The van der Waals surface area contributed by atoms with Gasteiger partial charge in [-0.1, -0.05) is 0 Å². The summed E-state index contributed by atoms with van der Waals surface area (Å²) in [5.41, 5.74) is 0.170. The van der Waals surface area contributed by atoms with E-state index in [1.165, 1.54) is 30.2 Å². The van der Waals surface area contributed by atoms with Crippen LogP contribution in [0.1, 0.15) is 30.1 Å². The fourth-order valence-corrected chi connectivity index (χ4v) is 5.88. The quantitative estimate of drug-likeness (QED) is 0.0851. The molecule has 51 heavy (non-hydrogen) atoms. The van der Waals surface area contributed by atoms with E-state index in [9.17, 15) is 54.1 Å². The molecule has 3 heterocycles. The number of anilines is 1. The molecule has 2 atom stereocenters. The number of nitrogens with one attached hydrogen (secondary N) is 2. The van der Waals surface area contributed by atoms with E-state index in [2.05, 4.69) is 15.6 Å². The Morgan fingerprint density at radius 2 is 1.25 bits per heavy atom. The van der Waals surface area contributed by atoms with Gasteiger partial charge in [0.2, 0.25) is 5.91 Å². The van der Waals surface area contributed by atoms with Crippen LogP contribution in [-0.2, 0) is 24.0 Å². The van der Waals surface area contributed by atoms with Crippen LogP contribution in [0.3, 0.4) is 0 Å². The number of likely N-dealkylation sites (tertiary alicyclic amines) is 1. The number of aromatic nitrogens is 1. The molecule has 0 unspecified atom stereocenters. The van der Waals surface area contributed by atoms with Crippen LogP contribution in [0.25, 0.3) is 0 Å². The second kappa shape index (κ2) is 22.2. The number of hydrogen-bond donors (Lipinski definition) is 7. The van der Waals surface area contributed by atoms with Crippen molar-refractivity contribution in [2.24, 2.45) is 0 Å². The number of carbonyl (C=O) groups excluding carboxylic acids is 3. The van der Waals surface area contributed by atoms with Crippen molar-refractivity contribution >= 4 is 48.4 Å². The summed E-state index contributed by atoms with van der Waals surface area (Å²) >= 11 is 0. The summed E-state index contributed by atoms with van der Waals surface area (Å²) in [6.45, 7) is 3.19. The molecule has 2 amide bonds. The van der Waals surface area contributed by atoms with E-state index in [-0.39, 0.29) is 120 Å². The van der Waals surface area contributed by atoms with Crippen LogP contribution in [-0.4, -0.2) is 201 Å². The normalized spacial score (nSPS) is 19.1. The molecular formula is C30H47BLuN8O11.